The molecule has 0 fully saturated rings. The number of benzene rings is 1. The number of carbonyl (C=O) groups is 1. The highest BCUT2D eigenvalue weighted by Crippen LogP contribution is 2.10. The lowest BCUT2D eigenvalue weighted by Crippen LogP contribution is -2.14. The van der Waals surface area contributed by atoms with Crippen molar-refractivity contribution in [3.8, 4) is 0 Å². The molecule has 0 aliphatic rings. The van der Waals surface area contributed by atoms with E-state index in [0.717, 1.165) is 0 Å². The maximum atomic E-state index is 11.6. The van der Waals surface area contributed by atoms with Crippen molar-refractivity contribution in [3.63, 3.8) is 0 Å². The molecule has 1 aromatic rings. The van der Waals surface area contributed by atoms with Gasteiger partial charge in [-0.15, -0.1) is 0 Å². The number of nitrogens with two attached hydrogens (primary N) is 1. The third-order valence-electron chi connectivity index (χ3n) is 1.47. The van der Waals surface area contributed by atoms with Gasteiger partial charge in [0.1, 0.15) is 13.3 Å². The molecule has 0 saturated heterocycles. The Morgan fingerprint density at radius 1 is 1.43 bits per heavy atom. The van der Waals surface area contributed by atoms with Crippen LogP contribution in [0.4, 0.5) is 20.6 Å². The Morgan fingerprint density at radius 3 is 2.64 bits per heavy atom. The Bertz CT molecular complexity index is 300. The van der Waals surface area contributed by atoms with Gasteiger partial charge in [-0.2, -0.15) is 0 Å². The fraction of sp³-hybridized carbons (Fsp3) is 0.222. The Morgan fingerprint density at radius 2 is 2.07 bits per heavy atom. The molecular formula is C9H11FN2O2. The first-order valence-corrected chi connectivity index (χ1v) is 4.07. The van der Waals surface area contributed by atoms with Gasteiger partial charge in [-0.1, -0.05) is 0 Å². The highest BCUT2D eigenvalue weighted by Gasteiger charge is 2.01. The number of nitrogen functional groups attached to an aromatic ring is 1. The first-order valence-electron chi connectivity index (χ1n) is 4.07. The molecule has 0 bridgehead atoms. The van der Waals surface area contributed by atoms with E-state index in [-0.39, 0.29) is 6.61 Å². The van der Waals surface area contributed by atoms with Crippen LogP contribution in [0.15, 0.2) is 24.3 Å². The molecular weight excluding hydrogens is 187 g/mol. The third-order valence-corrected chi connectivity index (χ3v) is 1.47. The van der Waals surface area contributed by atoms with Crippen molar-refractivity contribution < 1.29 is 13.9 Å². The van der Waals surface area contributed by atoms with Crippen molar-refractivity contribution in [2.24, 2.45) is 0 Å². The van der Waals surface area contributed by atoms with E-state index in [1.807, 2.05) is 0 Å². The van der Waals surface area contributed by atoms with Gasteiger partial charge in [-0.05, 0) is 24.3 Å². The fourth-order valence-corrected chi connectivity index (χ4v) is 0.852. The van der Waals surface area contributed by atoms with Crippen molar-refractivity contribution in [3.05, 3.63) is 24.3 Å². The van der Waals surface area contributed by atoms with Crippen molar-refractivity contribution in [2.75, 3.05) is 24.3 Å². The topological polar surface area (TPSA) is 64.3 Å². The van der Waals surface area contributed by atoms with Crippen molar-refractivity contribution in [1.29, 1.82) is 0 Å². The minimum Gasteiger partial charge on any atom is -0.447 e. The highest BCUT2D eigenvalue weighted by molar-refractivity contribution is 5.84. The zero-order chi connectivity index (χ0) is 10.4. The van der Waals surface area contributed by atoms with Gasteiger partial charge < -0.3 is 10.5 Å². The van der Waals surface area contributed by atoms with Gasteiger partial charge in [-0.25, -0.2) is 9.18 Å². The van der Waals surface area contributed by atoms with Crippen LogP contribution in [0.25, 0.3) is 0 Å². The first kappa shape index (κ1) is 10.3. The van der Waals surface area contributed by atoms with Gasteiger partial charge >= 0.3 is 6.09 Å². The van der Waals surface area contributed by atoms with Crippen LogP contribution < -0.4 is 11.1 Å². The lowest BCUT2D eigenvalue weighted by molar-refractivity contribution is 0.152. The van der Waals surface area contributed by atoms with E-state index in [1.165, 1.54) is 0 Å². The van der Waals surface area contributed by atoms with Crippen LogP contribution in [0, 0.1) is 0 Å². The number of halogens is 1. The third kappa shape index (κ3) is 3.30. The Hall–Kier alpha value is -1.78. The second kappa shape index (κ2) is 5.06. The summed E-state index contributed by atoms with van der Waals surface area (Å²) >= 11 is 0. The Labute approximate surface area is 80.9 Å². The largest absolute Gasteiger partial charge is 0.447 e. The molecule has 3 N–H and O–H groups in total. The predicted molar refractivity (Wildman–Crippen MR) is 51.8 cm³/mol. The summed E-state index contributed by atoms with van der Waals surface area (Å²) in [4.78, 5) is 10.9. The maximum absolute atomic E-state index is 11.6. The highest BCUT2D eigenvalue weighted by atomic mass is 19.1. The number of hydrogen-bond donors (Lipinski definition) is 2. The summed E-state index contributed by atoms with van der Waals surface area (Å²) in [5.41, 5.74) is 6.61. The quantitative estimate of drug-likeness (QED) is 0.727. The minimum absolute atomic E-state index is 0.235. The SMILES string of the molecule is Nc1ccc(NC(=O)OCCF)cc1. The molecule has 4 nitrogen and oxygen atoms in total. The van der Waals surface area contributed by atoms with Crippen LogP contribution in [-0.2, 0) is 4.74 Å². The molecule has 1 rings (SSSR count). The molecule has 0 spiro atoms. The number of rotatable bonds is 3. The smallest absolute Gasteiger partial charge is 0.411 e. The Kier molecular flexibility index (Phi) is 3.72. The zero-order valence-electron chi connectivity index (χ0n) is 7.50. The molecule has 0 heterocycles. The molecule has 1 amide bonds. The average molecular weight is 198 g/mol. The van der Waals surface area contributed by atoms with Crippen LogP contribution in [0.5, 0.6) is 0 Å². The lowest BCUT2D eigenvalue weighted by atomic mass is 10.3. The monoisotopic (exact) mass is 198 g/mol. The number of carbonyl (C=O) groups excluding carboxylic acids is 1. The molecule has 0 aromatic heterocycles. The summed E-state index contributed by atoms with van der Waals surface area (Å²) in [6.45, 7) is -0.921. The second-order valence-corrected chi connectivity index (χ2v) is 2.57. The molecule has 14 heavy (non-hydrogen) atoms. The Balaban J connectivity index is 2.44. The normalized spacial score (nSPS) is 9.50. The number of hydrogen-bond acceptors (Lipinski definition) is 3. The zero-order valence-corrected chi connectivity index (χ0v) is 7.50. The molecule has 0 radical (unpaired) electrons. The van der Waals surface area contributed by atoms with E-state index in [4.69, 9.17) is 5.73 Å². The van der Waals surface area contributed by atoms with Crippen LogP contribution in [0.3, 0.4) is 0 Å². The van der Waals surface area contributed by atoms with Crippen LogP contribution in [0.1, 0.15) is 0 Å². The van der Waals surface area contributed by atoms with E-state index in [9.17, 15) is 9.18 Å². The lowest BCUT2D eigenvalue weighted by Gasteiger charge is -2.05. The van der Waals surface area contributed by atoms with Crippen LogP contribution >= 0.6 is 0 Å². The van der Waals surface area contributed by atoms with Crippen molar-refractivity contribution in [1.82, 2.24) is 0 Å². The molecule has 76 valence electrons. The number of anilines is 2. The van der Waals surface area contributed by atoms with Gasteiger partial charge in [-0.3, -0.25) is 5.32 Å². The van der Waals surface area contributed by atoms with E-state index >= 15 is 0 Å². The van der Waals surface area contributed by atoms with E-state index in [1.54, 1.807) is 24.3 Å². The van der Waals surface area contributed by atoms with Crippen LogP contribution in [-0.4, -0.2) is 19.4 Å². The minimum atomic E-state index is -0.685. The maximum Gasteiger partial charge on any atom is 0.411 e. The van der Waals surface area contributed by atoms with Gasteiger partial charge in [0.25, 0.3) is 0 Å². The number of nitrogens with one attached hydrogen (secondary N) is 1. The van der Waals surface area contributed by atoms with Gasteiger partial charge in [0.05, 0.1) is 0 Å². The molecule has 5 heteroatoms. The fourth-order valence-electron chi connectivity index (χ4n) is 0.852. The number of amides is 1. The van der Waals surface area contributed by atoms with Crippen molar-refractivity contribution in [2.45, 2.75) is 0 Å². The summed E-state index contributed by atoms with van der Waals surface area (Å²) in [5, 5.41) is 2.42. The molecule has 0 atom stereocenters. The average Bonchev–Trinajstić information content (AvgIpc) is 2.18. The van der Waals surface area contributed by atoms with Crippen molar-refractivity contribution >= 4 is 17.5 Å². The number of alkyl halides is 1. The standard InChI is InChI=1S/C9H11FN2O2/c10-5-6-14-9(13)12-8-3-1-7(11)2-4-8/h1-4H,5-6,11H2,(H,12,13). The van der Waals surface area contributed by atoms with E-state index in [2.05, 4.69) is 10.1 Å². The summed E-state index contributed by atoms with van der Waals surface area (Å²) < 4.78 is 16.1. The first-order chi connectivity index (χ1) is 6.72. The van der Waals surface area contributed by atoms with Gasteiger partial charge in [0.2, 0.25) is 0 Å². The summed E-state index contributed by atoms with van der Waals surface area (Å²) in [6, 6.07) is 6.55. The second-order valence-electron chi connectivity index (χ2n) is 2.57. The predicted octanol–water partition coefficient (Wildman–Crippen LogP) is 1.79. The molecule has 0 saturated carbocycles. The van der Waals surface area contributed by atoms with Gasteiger partial charge in [0.15, 0.2) is 0 Å². The molecule has 0 unspecified atom stereocenters. The summed E-state index contributed by atoms with van der Waals surface area (Å²) in [7, 11) is 0. The molecule has 0 aliphatic carbocycles. The summed E-state index contributed by atoms with van der Waals surface area (Å²) in [6.07, 6.45) is -0.674. The number of ether oxygens (including phenoxy) is 1. The summed E-state index contributed by atoms with van der Waals surface area (Å²) in [5.74, 6) is 0. The molecule has 0 aliphatic heterocycles. The van der Waals surface area contributed by atoms with E-state index in [0.29, 0.717) is 11.4 Å². The molecule has 1 aromatic carbocycles. The van der Waals surface area contributed by atoms with Gasteiger partial charge in [0, 0.05) is 11.4 Å². The van der Waals surface area contributed by atoms with E-state index < -0.39 is 12.8 Å². The van der Waals surface area contributed by atoms with Crippen LogP contribution in [0.2, 0.25) is 0 Å².